The summed E-state index contributed by atoms with van der Waals surface area (Å²) in [5.74, 6) is 0. The Bertz CT molecular complexity index is 3670. The van der Waals surface area contributed by atoms with Gasteiger partial charge in [0, 0.05) is 38.6 Å². The van der Waals surface area contributed by atoms with Gasteiger partial charge in [-0.2, -0.15) is 10.5 Å². The van der Waals surface area contributed by atoms with Crippen LogP contribution in [-0.2, 0) is 6.42 Å². The molecule has 0 N–H and O–H groups in total. The minimum Gasteiger partial charge on any atom is -0.455 e. The van der Waals surface area contributed by atoms with E-state index in [1.807, 2.05) is 42.5 Å². The molecule has 1 aliphatic carbocycles. The molecular formula is C56H36N4OSi. The normalized spacial score (nSPS) is 12.6. The van der Waals surface area contributed by atoms with Gasteiger partial charge in [0.1, 0.15) is 11.2 Å². The second kappa shape index (κ2) is 14.0. The summed E-state index contributed by atoms with van der Waals surface area (Å²) >= 11 is 0. The second-order valence-electron chi connectivity index (χ2n) is 16.2. The van der Waals surface area contributed by atoms with E-state index in [9.17, 15) is 10.5 Å². The number of aromatic nitrogens is 2. The molecule has 11 aromatic rings. The molecule has 0 fully saturated rings. The molecule has 1 aliphatic rings. The number of hydrogen-bond acceptors (Lipinski definition) is 3. The fraction of sp³-hybridized carbons (Fsp3) is 0.0357. The number of hydrogen-bond donors (Lipinski definition) is 0. The number of allylic oxidation sites excluding steroid dienone is 1. The van der Waals surface area contributed by atoms with Crippen LogP contribution in [0, 0.1) is 22.7 Å². The van der Waals surface area contributed by atoms with E-state index < -0.39 is 8.07 Å². The first-order valence-electron chi connectivity index (χ1n) is 21.0. The van der Waals surface area contributed by atoms with Crippen LogP contribution in [0.15, 0.2) is 192 Å². The van der Waals surface area contributed by atoms with Gasteiger partial charge in [-0.1, -0.05) is 115 Å². The lowest BCUT2D eigenvalue weighted by molar-refractivity contribution is 0.673. The van der Waals surface area contributed by atoms with Gasteiger partial charge in [-0.25, -0.2) is 0 Å². The Morgan fingerprint density at radius 1 is 0.484 bits per heavy atom. The highest BCUT2D eigenvalue weighted by Crippen LogP contribution is 2.41. The van der Waals surface area contributed by atoms with E-state index in [1.165, 1.54) is 37.7 Å². The van der Waals surface area contributed by atoms with Gasteiger partial charge >= 0.3 is 0 Å². The highest BCUT2D eigenvalue weighted by molar-refractivity contribution is 7.20. The SMILES string of the molecule is N#Cc1cc(-n2c3ccc(C#N)cc3c3c4oc5ccccc5c4ccc32)cc([Si](c2ccccc2)(c2ccccc2)c2ccc(-n3c4c(c5ccccc53)CCC=C4)cc2)c1. The van der Waals surface area contributed by atoms with Gasteiger partial charge in [-0.15, -0.1) is 0 Å². The predicted molar refractivity (Wildman–Crippen MR) is 255 cm³/mol. The van der Waals surface area contributed by atoms with Crippen molar-refractivity contribution in [3.05, 3.63) is 210 Å². The molecule has 0 saturated heterocycles. The molecular weight excluding hydrogens is 773 g/mol. The minimum atomic E-state index is -3.15. The summed E-state index contributed by atoms with van der Waals surface area (Å²) in [6.45, 7) is 0. The Balaban J connectivity index is 1.14. The molecule has 0 atom stereocenters. The number of aryl methyl sites for hydroxylation is 1. The third-order valence-corrected chi connectivity index (χ3v) is 17.7. The number of nitrogens with zero attached hydrogens (tertiary/aromatic N) is 4. The summed E-state index contributed by atoms with van der Waals surface area (Å²) in [5, 5.41) is 31.0. The first-order chi connectivity index (χ1) is 30.6. The van der Waals surface area contributed by atoms with Crippen LogP contribution in [0.1, 0.15) is 28.8 Å². The van der Waals surface area contributed by atoms with Gasteiger partial charge in [0.05, 0.1) is 45.2 Å². The van der Waals surface area contributed by atoms with Crippen molar-refractivity contribution in [1.29, 1.82) is 10.5 Å². The zero-order chi connectivity index (χ0) is 41.4. The number of fused-ring (bicyclic) bond motifs is 10. The first-order valence-corrected chi connectivity index (χ1v) is 23.0. The van der Waals surface area contributed by atoms with E-state index in [-0.39, 0.29) is 0 Å². The molecule has 6 heteroatoms. The van der Waals surface area contributed by atoms with E-state index in [0.29, 0.717) is 11.1 Å². The summed E-state index contributed by atoms with van der Waals surface area (Å²) in [7, 11) is -3.15. The number of furan rings is 1. The summed E-state index contributed by atoms with van der Waals surface area (Å²) in [6.07, 6.45) is 6.64. The molecule has 12 rings (SSSR count). The predicted octanol–water partition coefficient (Wildman–Crippen LogP) is 10.7. The minimum absolute atomic E-state index is 0.573. The van der Waals surface area contributed by atoms with Gasteiger partial charge < -0.3 is 13.6 Å². The third kappa shape index (κ3) is 5.18. The van der Waals surface area contributed by atoms with E-state index >= 15 is 0 Å². The topological polar surface area (TPSA) is 70.6 Å². The Kier molecular flexibility index (Phi) is 8.05. The summed E-state index contributed by atoms with van der Waals surface area (Å²) in [6, 6.07) is 69.3. The maximum atomic E-state index is 10.9. The van der Waals surface area contributed by atoms with Gasteiger partial charge in [0.15, 0.2) is 8.07 Å². The zero-order valence-electron chi connectivity index (χ0n) is 33.6. The number of rotatable bonds is 6. The highest BCUT2D eigenvalue weighted by Gasteiger charge is 2.42. The van der Waals surface area contributed by atoms with Crippen molar-refractivity contribution >= 4 is 89.5 Å². The smallest absolute Gasteiger partial charge is 0.179 e. The lowest BCUT2D eigenvalue weighted by Gasteiger charge is -2.35. The number of nitriles is 2. The molecule has 0 aliphatic heterocycles. The van der Waals surface area contributed by atoms with Crippen LogP contribution in [0.25, 0.3) is 72.1 Å². The Morgan fingerprint density at radius 3 is 1.90 bits per heavy atom. The monoisotopic (exact) mass is 808 g/mol. The molecule has 0 bridgehead atoms. The Hall–Kier alpha value is -8.16. The molecule has 8 aromatic carbocycles. The van der Waals surface area contributed by atoms with Gasteiger partial charge in [0.25, 0.3) is 0 Å². The Morgan fingerprint density at radius 2 is 1.15 bits per heavy atom. The van der Waals surface area contributed by atoms with Crippen molar-refractivity contribution in [2.24, 2.45) is 0 Å². The molecule has 0 saturated carbocycles. The lowest BCUT2D eigenvalue weighted by Crippen LogP contribution is -2.74. The molecule has 0 unspecified atom stereocenters. The maximum Gasteiger partial charge on any atom is 0.179 e. The largest absolute Gasteiger partial charge is 0.455 e. The van der Waals surface area contributed by atoms with Crippen molar-refractivity contribution in [2.45, 2.75) is 12.8 Å². The zero-order valence-corrected chi connectivity index (χ0v) is 34.6. The van der Waals surface area contributed by atoms with Crippen molar-refractivity contribution in [1.82, 2.24) is 9.13 Å². The molecule has 0 amide bonds. The molecule has 0 spiro atoms. The van der Waals surface area contributed by atoms with Crippen LogP contribution < -0.4 is 20.7 Å². The molecule has 5 nitrogen and oxygen atoms in total. The van der Waals surface area contributed by atoms with Crippen LogP contribution in [-0.4, -0.2) is 17.2 Å². The van der Waals surface area contributed by atoms with Gasteiger partial charge in [0.2, 0.25) is 0 Å². The van der Waals surface area contributed by atoms with Crippen LogP contribution in [0.4, 0.5) is 0 Å². The maximum absolute atomic E-state index is 10.9. The second-order valence-corrected chi connectivity index (χ2v) is 20.0. The summed E-state index contributed by atoms with van der Waals surface area (Å²) in [4.78, 5) is 0. The molecule has 290 valence electrons. The van der Waals surface area contributed by atoms with Crippen molar-refractivity contribution < 1.29 is 4.42 Å². The Labute approximate surface area is 358 Å². The molecule has 62 heavy (non-hydrogen) atoms. The van der Waals surface area contributed by atoms with Crippen molar-refractivity contribution in [3.63, 3.8) is 0 Å². The van der Waals surface area contributed by atoms with E-state index in [2.05, 4.69) is 173 Å². The van der Waals surface area contributed by atoms with Gasteiger partial charge in [-0.3, -0.25) is 0 Å². The fourth-order valence-electron chi connectivity index (χ4n) is 10.4. The molecule has 3 heterocycles. The summed E-state index contributed by atoms with van der Waals surface area (Å²) < 4.78 is 11.3. The van der Waals surface area contributed by atoms with E-state index in [1.54, 1.807) is 0 Å². The lowest BCUT2D eigenvalue weighted by atomic mass is 10.0. The number of benzene rings is 8. The van der Waals surface area contributed by atoms with E-state index in [4.69, 9.17) is 4.42 Å². The fourth-order valence-corrected chi connectivity index (χ4v) is 15.1. The highest BCUT2D eigenvalue weighted by atomic mass is 28.3. The standard InChI is InChI=1S/C56H36N4OSi/c57-35-37-23-29-52-49(33-37)55-53(30-28-48-47-19-9-12-22-54(47)61-56(48)55)60(52)40-31-38(36-58)32-44(34-40)62(41-13-3-1-4-14-41,42-15-5-2-6-16-42)43-26-24-39(25-27-43)59-50-20-10-7-17-45(50)46-18-8-11-21-51(46)59/h1-7,9-17,19-34H,8,18H2. The molecule has 0 radical (unpaired) electrons. The summed E-state index contributed by atoms with van der Waals surface area (Å²) in [5.41, 5.74) is 10.5. The van der Waals surface area contributed by atoms with Crippen molar-refractivity contribution in [2.75, 3.05) is 0 Å². The average Bonchev–Trinajstić information content (AvgIpc) is 4.00. The van der Waals surface area contributed by atoms with Crippen LogP contribution in [0.3, 0.4) is 0 Å². The number of para-hydroxylation sites is 2. The molecule has 3 aromatic heterocycles. The quantitative estimate of drug-likeness (QED) is 0.124. The average molecular weight is 809 g/mol. The van der Waals surface area contributed by atoms with Crippen LogP contribution in [0.2, 0.25) is 0 Å². The van der Waals surface area contributed by atoms with E-state index in [0.717, 1.165) is 73.1 Å². The third-order valence-electron chi connectivity index (χ3n) is 13.0. The van der Waals surface area contributed by atoms with Crippen LogP contribution >= 0.6 is 0 Å². The van der Waals surface area contributed by atoms with Crippen LogP contribution in [0.5, 0.6) is 0 Å². The van der Waals surface area contributed by atoms with Gasteiger partial charge in [-0.05, 0) is 118 Å². The first kappa shape index (κ1) is 35.8. The van der Waals surface area contributed by atoms with Crippen molar-refractivity contribution in [3.8, 4) is 23.5 Å².